The van der Waals surface area contributed by atoms with E-state index in [1.165, 1.54) is 0 Å². The van der Waals surface area contributed by atoms with Gasteiger partial charge in [-0.1, -0.05) is 12.2 Å². The quantitative estimate of drug-likeness (QED) is 0.486. The highest BCUT2D eigenvalue weighted by Crippen LogP contribution is 2.13. The molecular formula is C10H16O4. The molecule has 0 aromatic carbocycles. The highest BCUT2D eigenvalue weighted by atomic mass is 16.4. The third-order valence-electron chi connectivity index (χ3n) is 1.93. The van der Waals surface area contributed by atoms with Crippen LogP contribution in [-0.4, -0.2) is 22.2 Å². The smallest absolute Gasteiger partial charge is 0.307 e. The van der Waals surface area contributed by atoms with Crippen LogP contribution in [0.2, 0.25) is 0 Å². The lowest BCUT2D eigenvalue weighted by atomic mass is 9.98. The van der Waals surface area contributed by atoms with Crippen LogP contribution in [0.3, 0.4) is 0 Å². The standard InChI is InChI=1S/C10H16O4/c1-2-3-4-5-6-8(10(13)14)7-9(11)12/h2-3,8H,4-7H2,1H3,(H,11,12)(H,13,14). The Morgan fingerprint density at radius 2 is 2.00 bits per heavy atom. The van der Waals surface area contributed by atoms with E-state index in [2.05, 4.69) is 0 Å². The van der Waals surface area contributed by atoms with Gasteiger partial charge in [0.1, 0.15) is 0 Å². The van der Waals surface area contributed by atoms with Gasteiger partial charge in [-0.15, -0.1) is 0 Å². The molecule has 0 saturated heterocycles. The van der Waals surface area contributed by atoms with Crippen LogP contribution < -0.4 is 0 Å². The second-order valence-electron chi connectivity index (χ2n) is 3.13. The third kappa shape index (κ3) is 6.22. The molecule has 14 heavy (non-hydrogen) atoms. The highest BCUT2D eigenvalue weighted by Gasteiger charge is 2.19. The van der Waals surface area contributed by atoms with Crippen LogP contribution in [-0.2, 0) is 9.59 Å². The summed E-state index contributed by atoms with van der Waals surface area (Å²) in [5.74, 6) is -2.82. The van der Waals surface area contributed by atoms with E-state index < -0.39 is 17.9 Å². The summed E-state index contributed by atoms with van der Waals surface area (Å²) in [4.78, 5) is 20.9. The predicted octanol–water partition coefficient (Wildman–Crippen LogP) is 1.91. The maximum Gasteiger partial charge on any atom is 0.307 e. The first-order chi connectivity index (χ1) is 6.57. The van der Waals surface area contributed by atoms with Crippen molar-refractivity contribution in [2.24, 2.45) is 5.92 Å². The number of allylic oxidation sites excluding steroid dienone is 2. The molecule has 0 aliphatic heterocycles. The molecule has 0 amide bonds. The van der Waals surface area contributed by atoms with Gasteiger partial charge in [-0.05, 0) is 26.2 Å². The Morgan fingerprint density at radius 3 is 2.43 bits per heavy atom. The molecule has 0 rings (SSSR count). The summed E-state index contributed by atoms with van der Waals surface area (Å²) in [5.41, 5.74) is 0. The van der Waals surface area contributed by atoms with Crippen LogP contribution in [0.1, 0.15) is 32.6 Å². The second-order valence-corrected chi connectivity index (χ2v) is 3.13. The number of hydrogen-bond acceptors (Lipinski definition) is 2. The molecule has 0 aliphatic carbocycles. The molecule has 0 radical (unpaired) electrons. The minimum Gasteiger partial charge on any atom is -0.481 e. The summed E-state index contributed by atoms with van der Waals surface area (Å²) in [6.07, 6.45) is 5.50. The first-order valence-electron chi connectivity index (χ1n) is 4.63. The summed E-state index contributed by atoms with van der Waals surface area (Å²) in [7, 11) is 0. The fourth-order valence-electron chi connectivity index (χ4n) is 1.17. The zero-order chi connectivity index (χ0) is 11.0. The molecule has 0 fully saturated rings. The molecule has 0 bridgehead atoms. The van der Waals surface area contributed by atoms with E-state index in [0.29, 0.717) is 12.8 Å². The monoisotopic (exact) mass is 200 g/mol. The van der Waals surface area contributed by atoms with Crippen molar-refractivity contribution in [3.05, 3.63) is 12.2 Å². The van der Waals surface area contributed by atoms with Gasteiger partial charge in [0.15, 0.2) is 0 Å². The van der Waals surface area contributed by atoms with E-state index >= 15 is 0 Å². The fourth-order valence-corrected chi connectivity index (χ4v) is 1.17. The molecule has 0 aliphatic rings. The minimum absolute atomic E-state index is 0.287. The first-order valence-corrected chi connectivity index (χ1v) is 4.63. The van der Waals surface area contributed by atoms with Gasteiger partial charge in [-0.2, -0.15) is 0 Å². The summed E-state index contributed by atoms with van der Waals surface area (Å²) in [5, 5.41) is 17.2. The van der Waals surface area contributed by atoms with E-state index in [0.717, 1.165) is 6.42 Å². The van der Waals surface area contributed by atoms with Crippen LogP contribution in [0.15, 0.2) is 12.2 Å². The van der Waals surface area contributed by atoms with E-state index in [1.54, 1.807) is 0 Å². The normalized spacial score (nSPS) is 12.9. The van der Waals surface area contributed by atoms with Gasteiger partial charge in [0.25, 0.3) is 0 Å². The SMILES string of the molecule is CC=CCCCC(CC(=O)O)C(=O)O. The molecule has 0 heterocycles. The third-order valence-corrected chi connectivity index (χ3v) is 1.93. The fraction of sp³-hybridized carbons (Fsp3) is 0.600. The Hall–Kier alpha value is -1.32. The molecule has 80 valence electrons. The largest absolute Gasteiger partial charge is 0.481 e. The Labute approximate surface area is 83.2 Å². The number of hydrogen-bond donors (Lipinski definition) is 2. The summed E-state index contributed by atoms with van der Waals surface area (Å²) in [6, 6.07) is 0. The number of carboxylic acids is 2. The lowest BCUT2D eigenvalue weighted by molar-refractivity contribution is -0.148. The Morgan fingerprint density at radius 1 is 1.36 bits per heavy atom. The second kappa shape index (κ2) is 7.12. The summed E-state index contributed by atoms with van der Waals surface area (Å²) < 4.78 is 0. The van der Waals surface area contributed by atoms with Crippen molar-refractivity contribution < 1.29 is 19.8 Å². The molecule has 4 heteroatoms. The molecular weight excluding hydrogens is 184 g/mol. The van der Waals surface area contributed by atoms with E-state index in [9.17, 15) is 9.59 Å². The maximum absolute atomic E-state index is 10.6. The van der Waals surface area contributed by atoms with Crippen molar-refractivity contribution in [3.63, 3.8) is 0 Å². The van der Waals surface area contributed by atoms with Crippen molar-refractivity contribution >= 4 is 11.9 Å². The lowest BCUT2D eigenvalue weighted by Crippen LogP contribution is -2.17. The van der Waals surface area contributed by atoms with Gasteiger partial charge in [-0.3, -0.25) is 9.59 Å². The Bertz CT molecular complexity index is 220. The van der Waals surface area contributed by atoms with Crippen LogP contribution in [0.4, 0.5) is 0 Å². The van der Waals surface area contributed by atoms with Gasteiger partial charge in [0, 0.05) is 0 Å². The molecule has 0 spiro atoms. The molecule has 0 saturated carbocycles. The van der Waals surface area contributed by atoms with Crippen LogP contribution >= 0.6 is 0 Å². The highest BCUT2D eigenvalue weighted by molar-refractivity contribution is 5.77. The van der Waals surface area contributed by atoms with Crippen molar-refractivity contribution in [2.75, 3.05) is 0 Å². The van der Waals surface area contributed by atoms with Crippen LogP contribution in [0.5, 0.6) is 0 Å². The number of carbonyl (C=O) groups is 2. The minimum atomic E-state index is -1.05. The zero-order valence-corrected chi connectivity index (χ0v) is 8.27. The van der Waals surface area contributed by atoms with Gasteiger partial charge in [-0.25, -0.2) is 0 Å². The van der Waals surface area contributed by atoms with E-state index in [-0.39, 0.29) is 6.42 Å². The molecule has 1 unspecified atom stereocenters. The topological polar surface area (TPSA) is 74.6 Å². The molecule has 4 nitrogen and oxygen atoms in total. The van der Waals surface area contributed by atoms with Crippen molar-refractivity contribution in [2.45, 2.75) is 32.6 Å². The van der Waals surface area contributed by atoms with Gasteiger partial charge >= 0.3 is 11.9 Å². The average molecular weight is 200 g/mol. The van der Waals surface area contributed by atoms with Gasteiger partial charge in [0.05, 0.1) is 12.3 Å². The molecule has 0 aromatic heterocycles. The predicted molar refractivity (Wildman–Crippen MR) is 52.0 cm³/mol. The zero-order valence-electron chi connectivity index (χ0n) is 8.27. The Kier molecular flexibility index (Phi) is 6.45. The van der Waals surface area contributed by atoms with Gasteiger partial charge in [0.2, 0.25) is 0 Å². The summed E-state index contributed by atoms with van der Waals surface area (Å²) >= 11 is 0. The van der Waals surface area contributed by atoms with E-state index in [1.807, 2.05) is 19.1 Å². The van der Waals surface area contributed by atoms with Crippen molar-refractivity contribution in [1.82, 2.24) is 0 Å². The molecule has 1 atom stereocenters. The lowest BCUT2D eigenvalue weighted by Gasteiger charge is -2.07. The van der Waals surface area contributed by atoms with E-state index in [4.69, 9.17) is 10.2 Å². The average Bonchev–Trinajstić information content (AvgIpc) is 2.09. The van der Waals surface area contributed by atoms with Crippen LogP contribution in [0.25, 0.3) is 0 Å². The van der Waals surface area contributed by atoms with Crippen molar-refractivity contribution in [3.8, 4) is 0 Å². The van der Waals surface area contributed by atoms with Crippen LogP contribution in [0, 0.1) is 5.92 Å². The maximum atomic E-state index is 10.6. The number of carboxylic acid groups (broad SMARTS) is 2. The molecule has 2 N–H and O–H groups in total. The number of unbranched alkanes of at least 4 members (excludes halogenated alkanes) is 1. The summed E-state index contributed by atoms with van der Waals surface area (Å²) in [6.45, 7) is 1.89. The Balaban J connectivity index is 3.85. The molecule has 0 aromatic rings. The first kappa shape index (κ1) is 12.7. The number of rotatable bonds is 7. The van der Waals surface area contributed by atoms with Crippen molar-refractivity contribution in [1.29, 1.82) is 0 Å². The number of aliphatic carboxylic acids is 2. The van der Waals surface area contributed by atoms with Gasteiger partial charge < -0.3 is 10.2 Å².